The van der Waals surface area contributed by atoms with Crippen molar-refractivity contribution in [2.75, 3.05) is 39.5 Å². The standard InChI is InChI=1S/C17H25NO3/c19-16(12-18-7-9-20-10-8-18)13-21-17-6-5-14-3-1-2-4-15(14)11-17/h5-6,11,16,19H,1-4,7-10,12-13H2/t16-/m1/s1. The first kappa shape index (κ1) is 14.8. The van der Waals surface area contributed by atoms with Crippen molar-refractivity contribution in [1.82, 2.24) is 4.90 Å². The molecule has 2 aliphatic rings. The summed E-state index contributed by atoms with van der Waals surface area (Å²) < 4.78 is 11.1. The average Bonchev–Trinajstić information content (AvgIpc) is 2.54. The van der Waals surface area contributed by atoms with Crippen LogP contribution in [0.25, 0.3) is 0 Å². The van der Waals surface area contributed by atoms with E-state index in [4.69, 9.17) is 9.47 Å². The molecule has 4 heteroatoms. The first-order valence-corrected chi connectivity index (χ1v) is 8.04. The second kappa shape index (κ2) is 7.25. The number of ether oxygens (including phenoxy) is 2. The second-order valence-electron chi connectivity index (χ2n) is 6.02. The largest absolute Gasteiger partial charge is 0.491 e. The van der Waals surface area contributed by atoms with Crippen molar-refractivity contribution in [2.45, 2.75) is 31.8 Å². The minimum atomic E-state index is -0.445. The van der Waals surface area contributed by atoms with E-state index in [-0.39, 0.29) is 0 Å². The Morgan fingerprint density at radius 2 is 1.90 bits per heavy atom. The van der Waals surface area contributed by atoms with E-state index >= 15 is 0 Å². The lowest BCUT2D eigenvalue weighted by molar-refractivity contribution is 0.00464. The molecule has 1 aromatic carbocycles. The van der Waals surface area contributed by atoms with Crippen molar-refractivity contribution in [1.29, 1.82) is 0 Å². The van der Waals surface area contributed by atoms with Crippen LogP contribution in [0.4, 0.5) is 0 Å². The zero-order chi connectivity index (χ0) is 14.5. The molecule has 1 aliphatic heterocycles. The Morgan fingerprint density at radius 3 is 2.71 bits per heavy atom. The molecule has 116 valence electrons. The van der Waals surface area contributed by atoms with E-state index in [0.717, 1.165) is 38.5 Å². The van der Waals surface area contributed by atoms with Gasteiger partial charge < -0.3 is 14.6 Å². The summed E-state index contributed by atoms with van der Waals surface area (Å²) in [6.07, 6.45) is 4.47. The quantitative estimate of drug-likeness (QED) is 0.895. The highest BCUT2D eigenvalue weighted by atomic mass is 16.5. The van der Waals surface area contributed by atoms with Crippen molar-refractivity contribution >= 4 is 0 Å². The van der Waals surface area contributed by atoms with Gasteiger partial charge in [0.25, 0.3) is 0 Å². The summed E-state index contributed by atoms with van der Waals surface area (Å²) in [4.78, 5) is 2.23. The van der Waals surface area contributed by atoms with E-state index in [1.807, 2.05) is 6.07 Å². The number of aliphatic hydroxyl groups is 1. The zero-order valence-corrected chi connectivity index (χ0v) is 12.6. The maximum atomic E-state index is 10.1. The van der Waals surface area contributed by atoms with Gasteiger partial charge in [0.15, 0.2) is 0 Å². The summed E-state index contributed by atoms with van der Waals surface area (Å²) >= 11 is 0. The molecule has 0 bridgehead atoms. The molecule has 1 fully saturated rings. The van der Waals surface area contributed by atoms with Crippen molar-refractivity contribution in [3.05, 3.63) is 29.3 Å². The normalized spacial score (nSPS) is 20.8. The lowest BCUT2D eigenvalue weighted by Gasteiger charge is -2.28. The van der Waals surface area contributed by atoms with Crippen LogP contribution in [-0.2, 0) is 17.6 Å². The first-order valence-electron chi connectivity index (χ1n) is 8.04. The Labute approximate surface area is 126 Å². The van der Waals surface area contributed by atoms with E-state index in [1.165, 1.54) is 30.4 Å². The molecule has 0 amide bonds. The topological polar surface area (TPSA) is 41.9 Å². The number of aryl methyl sites for hydroxylation is 2. The number of hydrogen-bond acceptors (Lipinski definition) is 4. The number of aliphatic hydroxyl groups excluding tert-OH is 1. The van der Waals surface area contributed by atoms with E-state index in [9.17, 15) is 5.11 Å². The lowest BCUT2D eigenvalue weighted by Crippen LogP contribution is -2.42. The van der Waals surface area contributed by atoms with E-state index < -0.39 is 6.10 Å². The summed E-state index contributed by atoms with van der Waals surface area (Å²) in [6.45, 7) is 4.34. The Hall–Kier alpha value is -1.10. The Bertz CT molecular complexity index is 457. The van der Waals surface area contributed by atoms with Crippen LogP contribution in [0, 0.1) is 0 Å². The van der Waals surface area contributed by atoms with Gasteiger partial charge in [0.2, 0.25) is 0 Å². The third-order valence-electron chi connectivity index (χ3n) is 4.33. The molecular formula is C17H25NO3. The van der Waals surface area contributed by atoms with Gasteiger partial charge in [0.1, 0.15) is 18.5 Å². The summed E-state index contributed by atoms with van der Waals surface area (Å²) in [7, 11) is 0. The molecule has 0 unspecified atom stereocenters. The van der Waals surface area contributed by atoms with Gasteiger partial charge in [-0.25, -0.2) is 0 Å². The molecule has 0 radical (unpaired) electrons. The van der Waals surface area contributed by atoms with Gasteiger partial charge in [-0.05, 0) is 48.9 Å². The lowest BCUT2D eigenvalue weighted by atomic mass is 9.92. The van der Waals surface area contributed by atoms with Gasteiger partial charge >= 0.3 is 0 Å². The minimum absolute atomic E-state index is 0.357. The number of fused-ring (bicyclic) bond motifs is 1. The van der Waals surface area contributed by atoms with Crippen LogP contribution in [0.5, 0.6) is 5.75 Å². The van der Waals surface area contributed by atoms with Gasteiger partial charge in [-0.15, -0.1) is 0 Å². The highest BCUT2D eigenvalue weighted by molar-refractivity contribution is 5.37. The van der Waals surface area contributed by atoms with Crippen molar-refractivity contribution in [3.8, 4) is 5.75 Å². The van der Waals surface area contributed by atoms with Gasteiger partial charge in [-0.1, -0.05) is 6.07 Å². The van der Waals surface area contributed by atoms with Gasteiger partial charge in [0, 0.05) is 19.6 Å². The number of rotatable bonds is 5. The molecule has 1 N–H and O–H groups in total. The predicted molar refractivity (Wildman–Crippen MR) is 81.8 cm³/mol. The van der Waals surface area contributed by atoms with Crippen LogP contribution in [-0.4, -0.2) is 55.6 Å². The molecule has 0 saturated carbocycles. The Kier molecular flexibility index (Phi) is 5.12. The van der Waals surface area contributed by atoms with E-state index in [1.54, 1.807) is 0 Å². The third-order valence-corrected chi connectivity index (χ3v) is 4.33. The van der Waals surface area contributed by atoms with Crippen LogP contribution in [0.2, 0.25) is 0 Å². The Balaban J connectivity index is 1.47. The molecule has 1 aliphatic carbocycles. The zero-order valence-electron chi connectivity index (χ0n) is 12.6. The number of morpholine rings is 1. The molecule has 1 aromatic rings. The summed E-state index contributed by atoms with van der Waals surface area (Å²) in [5.74, 6) is 0.886. The van der Waals surface area contributed by atoms with Gasteiger partial charge in [-0.2, -0.15) is 0 Å². The number of benzene rings is 1. The fourth-order valence-corrected chi connectivity index (χ4v) is 3.13. The SMILES string of the molecule is O[C@@H](COc1ccc2c(c1)CCCC2)CN1CCOCC1. The van der Waals surface area contributed by atoms with Crippen LogP contribution in [0.1, 0.15) is 24.0 Å². The summed E-state index contributed by atoms with van der Waals surface area (Å²) in [5, 5.41) is 10.1. The molecule has 1 saturated heterocycles. The fourth-order valence-electron chi connectivity index (χ4n) is 3.13. The van der Waals surface area contributed by atoms with Crippen molar-refractivity contribution in [3.63, 3.8) is 0 Å². The first-order chi connectivity index (χ1) is 10.3. The molecule has 1 atom stereocenters. The van der Waals surface area contributed by atoms with Gasteiger partial charge in [0.05, 0.1) is 13.2 Å². The highest BCUT2D eigenvalue weighted by Gasteiger charge is 2.16. The fraction of sp³-hybridized carbons (Fsp3) is 0.647. The minimum Gasteiger partial charge on any atom is -0.491 e. The van der Waals surface area contributed by atoms with Crippen molar-refractivity contribution in [2.24, 2.45) is 0 Å². The van der Waals surface area contributed by atoms with Crippen LogP contribution in [0.3, 0.4) is 0 Å². The molecule has 21 heavy (non-hydrogen) atoms. The van der Waals surface area contributed by atoms with Crippen LogP contribution < -0.4 is 4.74 Å². The number of β-amino-alcohol motifs (C(OH)–C–C–N with tert-alkyl or cyclic N) is 1. The van der Waals surface area contributed by atoms with Gasteiger partial charge in [-0.3, -0.25) is 4.90 Å². The molecule has 0 aromatic heterocycles. The summed E-state index contributed by atoms with van der Waals surface area (Å²) in [6, 6.07) is 6.36. The Morgan fingerprint density at radius 1 is 1.14 bits per heavy atom. The molecule has 0 spiro atoms. The highest BCUT2D eigenvalue weighted by Crippen LogP contribution is 2.25. The molecule has 4 nitrogen and oxygen atoms in total. The number of nitrogens with zero attached hydrogens (tertiary/aromatic N) is 1. The molecular weight excluding hydrogens is 266 g/mol. The van der Waals surface area contributed by atoms with Crippen LogP contribution >= 0.6 is 0 Å². The second-order valence-corrected chi connectivity index (χ2v) is 6.02. The number of hydrogen-bond donors (Lipinski definition) is 1. The third kappa shape index (κ3) is 4.19. The monoisotopic (exact) mass is 291 g/mol. The smallest absolute Gasteiger partial charge is 0.119 e. The van der Waals surface area contributed by atoms with E-state index in [0.29, 0.717) is 13.2 Å². The van der Waals surface area contributed by atoms with Crippen molar-refractivity contribution < 1.29 is 14.6 Å². The molecule has 1 heterocycles. The average molecular weight is 291 g/mol. The predicted octanol–water partition coefficient (Wildman–Crippen LogP) is 1.64. The molecule has 3 rings (SSSR count). The van der Waals surface area contributed by atoms with Crippen LogP contribution in [0.15, 0.2) is 18.2 Å². The van der Waals surface area contributed by atoms with E-state index in [2.05, 4.69) is 17.0 Å². The maximum absolute atomic E-state index is 10.1. The maximum Gasteiger partial charge on any atom is 0.119 e. The summed E-state index contributed by atoms with van der Waals surface area (Å²) in [5.41, 5.74) is 2.88.